The Hall–Kier alpha value is -1.05. The van der Waals surface area contributed by atoms with E-state index in [0.29, 0.717) is 28.2 Å². The molecular weight excluding hydrogens is 321 g/mol. The van der Waals surface area contributed by atoms with Gasteiger partial charge < -0.3 is 4.74 Å². The summed E-state index contributed by atoms with van der Waals surface area (Å²) in [6.07, 6.45) is 0. The Morgan fingerprint density at radius 1 is 1.56 bits per heavy atom. The predicted octanol–water partition coefficient (Wildman–Crippen LogP) is 3.16. The average Bonchev–Trinajstić information content (AvgIpc) is 2.72. The highest BCUT2D eigenvalue weighted by atomic mass is 79.9. The van der Waals surface area contributed by atoms with Gasteiger partial charge in [0.05, 0.1) is 17.6 Å². The number of nitrogens with zero attached hydrogens (tertiary/aromatic N) is 2. The number of benzene rings is 1. The molecule has 0 radical (unpaired) electrons. The van der Waals surface area contributed by atoms with Gasteiger partial charge in [-0.2, -0.15) is 5.10 Å². The summed E-state index contributed by atoms with van der Waals surface area (Å²) in [4.78, 5) is 0. The summed E-state index contributed by atoms with van der Waals surface area (Å²) in [5, 5.41) is 6.89. The first-order chi connectivity index (χ1) is 8.63. The molecule has 1 heterocycles. The smallest absolute Gasteiger partial charge is 0.195 e. The van der Waals surface area contributed by atoms with Gasteiger partial charge in [-0.25, -0.2) is 4.39 Å². The number of hydrogen-bond donors (Lipinski definition) is 1. The molecule has 0 aliphatic heterocycles. The van der Waals surface area contributed by atoms with Crippen LogP contribution in [0.5, 0.6) is 0 Å². The fourth-order valence-corrected chi connectivity index (χ4v) is 2.17. The van der Waals surface area contributed by atoms with E-state index in [9.17, 15) is 4.39 Å². The van der Waals surface area contributed by atoms with Crippen LogP contribution >= 0.6 is 28.1 Å². The lowest BCUT2D eigenvalue weighted by atomic mass is 10.2. The molecule has 0 bridgehead atoms. The molecule has 1 aromatic carbocycles. The SMILES string of the molecule is COCCn1c(-c2ccc(F)c(Br)c2)n[nH]c1=S. The highest BCUT2D eigenvalue weighted by Gasteiger charge is 2.10. The van der Waals surface area contributed by atoms with Crippen molar-refractivity contribution in [2.24, 2.45) is 0 Å². The van der Waals surface area contributed by atoms with E-state index < -0.39 is 0 Å². The van der Waals surface area contributed by atoms with Crippen molar-refractivity contribution in [3.8, 4) is 11.4 Å². The largest absolute Gasteiger partial charge is 0.383 e. The van der Waals surface area contributed by atoms with Crippen molar-refractivity contribution >= 4 is 28.1 Å². The zero-order chi connectivity index (χ0) is 13.1. The van der Waals surface area contributed by atoms with Gasteiger partial charge in [-0.1, -0.05) is 0 Å². The lowest BCUT2D eigenvalue weighted by molar-refractivity contribution is 0.187. The van der Waals surface area contributed by atoms with Gasteiger partial charge in [-0.05, 0) is 46.3 Å². The molecule has 0 amide bonds. The molecule has 0 saturated carbocycles. The minimum atomic E-state index is -0.309. The van der Waals surface area contributed by atoms with Gasteiger partial charge in [0.1, 0.15) is 5.82 Å². The molecule has 0 fully saturated rings. The van der Waals surface area contributed by atoms with Crippen LogP contribution < -0.4 is 0 Å². The standard InChI is InChI=1S/C11H11BrFN3OS/c1-17-5-4-16-10(14-15-11(16)18)7-2-3-9(13)8(12)6-7/h2-3,6H,4-5H2,1H3,(H,15,18). The molecule has 2 aromatic rings. The summed E-state index contributed by atoms with van der Waals surface area (Å²) >= 11 is 8.30. The van der Waals surface area contributed by atoms with E-state index in [1.54, 1.807) is 19.2 Å². The minimum absolute atomic E-state index is 0.309. The van der Waals surface area contributed by atoms with E-state index in [1.807, 2.05) is 4.57 Å². The van der Waals surface area contributed by atoms with Crippen molar-refractivity contribution in [1.29, 1.82) is 0 Å². The lowest BCUT2D eigenvalue weighted by Gasteiger charge is -2.06. The Balaban J connectivity index is 2.43. The third-order valence-electron chi connectivity index (χ3n) is 2.46. The molecule has 18 heavy (non-hydrogen) atoms. The van der Waals surface area contributed by atoms with Gasteiger partial charge in [0.2, 0.25) is 0 Å². The van der Waals surface area contributed by atoms with E-state index in [2.05, 4.69) is 26.1 Å². The van der Waals surface area contributed by atoms with E-state index in [4.69, 9.17) is 17.0 Å². The summed E-state index contributed by atoms with van der Waals surface area (Å²) in [7, 11) is 1.62. The Morgan fingerprint density at radius 3 is 3.00 bits per heavy atom. The van der Waals surface area contributed by atoms with Gasteiger partial charge in [-0.15, -0.1) is 0 Å². The molecule has 4 nitrogen and oxygen atoms in total. The van der Waals surface area contributed by atoms with Crippen LogP contribution in [0.4, 0.5) is 4.39 Å². The molecule has 0 atom stereocenters. The van der Waals surface area contributed by atoms with E-state index >= 15 is 0 Å². The molecule has 0 saturated heterocycles. The van der Waals surface area contributed by atoms with Gasteiger partial charge in [0.15, 0.2) is 10.6 Å². The topological polar surface area (TPSA) is 42.8 Å². The second-order valence-corrected chi connectivity index (χ2v) is 4.87. The molecule has 0 unspecified atom stereocenters. The highest BCUT2D eigenvalue weighted by molar-refractivity contribution is 9.10. The number of ether oxygens (including phenoxy) is 1. The van der Waals surface area contributed by atoms with Crippen LogP contribution in [0.15, 0.2) is 22.7 Å². The van der Waals surface area contributed by atoms with Crippen LogP contribution in [0.3, 0.4) is 0 Å². The second kappa shape index (κ2) is 5.73. The highest BCUT2D eigenvalue weighted by Crippen LogP contribution is 2.23. The second-order valence-electron chi connectivity index (χ2n) is 3.63. The Labute approximate surface area is 117 Å². The molecule has 0 spiro atoms. The number of aromatic amines is 1. The van der Waals surface area contributed by atoms with Crippen LogP contribution in [0, 0.1) is 10.6 Å². The lowest BCUT2D eigenvalue weighted by Crippen LogP contribution is -2.06. The number of aromatic nitrogens is 3. The molecule has 0 aliphatic rings. The molecule has 96 valence electrons. The fourth-order valence-electron chi connectivity index (χ4n) is 1.56. The van der Waals surface area contributed by atoms with Gasteiger partial charge in [0.25, 0.3) is 0 Å². The minimum Gasteiger partial charge on any atom is -0.383 e. The fraction of sp³-hybridized carbons (Fsp3) is 0.273. The monoisotopic (exact) mass is 331 g/mol. The maximum Gasteiger partial charge on any atom is 0.195 e. The molecular formula is C11H11BrFN3OS. The number of methoxy groups -OCH3 is 1. The van der Waals surface area contributed by atoms with Crippen LogP contribution in [0.2, 0.25) is 0 Å². The third kappa shape index (κ3) is 2.68. The van der Waals surface area contributed by atoms with Crippen molar-refractivity contribution in [2.45, 2.75) is 6.54 Å². The summed E-state index contributed by atoms with van der Waals surface area (Å²) in [6, 6.07) is 4.72. The summed E-state index contributed by atoms with van der Waals surface area (Å²) in [5.74, 6) is 0.356. The zero-order valence-corrected chi connectivity index (χ0v) is 12.0. The first kappa shape index (κ1) is 13.4. The third-order valence-corrected chi connectivity index (χ3v) is 3.37. The normalized spacial score (nSPS) is 10.8. The summed E-state index contributed by atoms with van der Waals surface area (Å²) in [5.41, 5.74) is 0.784. The van der Waals surface area contributed by atoms with Crippen molar-refractivity contribution in [3.63, 3.8) is 0 Å². The van der Waals surface area contributed by atoms with Crippen LogP contribution in [0.1, 0.15) is 0 Å². The number of halogens is 2. The predicted molar refractivity (Wildman–Crippen MR) is 72.4 cm³/mol. The molecule has 2 rings (SSSR count). The van der Waals surface area contributed by atoms with Gasteiger partial charge in [-0.3, -0.25) is 9.67 Å². The number of H-pyrrole nitrogens is 1. The van der Waals surface area contributed by atoms with Gasteiger partial charge >= 0.3 is 0 Å². The Morgan fingerprint density at radius 2 is 2.33 bits per heavy atom. The van der Waals surface area contributed by atoms with E-state index in [0.717, 1.165) is 5.56 Å². The molecule has 0 aliphatic carbocycles. The molecule has 7 heteroatoms. The molecule has 1 aromatic heterocycles. The quantitative estimate of drug-likeness (QED) is 0.875. The molecule has 1 N–H and O–H groups in total. The Kier molecular flexibility index (Phi) is 4.26. The number of rotatable bonds is 4. The van der Waals surface area contributed by atoms with Crippen LogP contribution in [-0.2, 0) is 11.3 Å². The van der Waals surface area contributed by atoms with E-state index in [-0.39, 0.29) is 5.82 Å². The average molecular weight is 332 g/mol. The summed E-state index contributed by atoms with van der Waals surface area (Å²) in [6.45, 7) is 1.12. The number of hydrogen-bond acceptors (Lipinski definition) is 3. The zero-order valence-electron chi connectivity index (χ0n) is 9.61. The van der Waals surface area contributed by atoms with Crippen molar-refractivity contribution in [1.82, 2.24) is 14.8 Å². The van der Waals surface area contributed by atoms with Crippen molar-refractivity contribution in [2.75, 3.05) is 13.7 Å². The maximum absolute atomic E-state index is 13.2. The Bertz CT molecular complexity index is 611. The first-order valence-electron chi connectivity index (χ1n) is 5.23. The van der Waals surface area contributed by atoms with Crippen molar-refractivity contribution in [3.05, 3.63) is 33.3 Å². The van der Waals surface area contributed by atoms with Crippen molar-refractivity contribution < 1.29 is 9.13 Å². The van der Waals surface area contributed by atoms with Crippen LogP contribution in [0.25, 0.3) is 11.4 Å². The van der Waals surface area contributed by atoms with E-state index in [1.165, 1.54) is 6.07 Å². The maximum atomic E-state index is 13.2. The first-order valence-corrected chi connectivity index (χ1v) is 6.43. The summed E-state index contributed by atoms with van der Waals surface area (Å²) < 4.78 is 21.0. The number of nitrogens with one attached hydrogen (secondary N) is 1. The van der Waals surface area contributed by atoms with Gasteiger partial charge in [0, 0.05) is 12.7 Å². The van der Waals surface area contributed by atoms with Crippen LogP contribution in [-0.4, -0.2) is 28.5 Å².